The van der Waals surface area contributed by atoms with Crippen LogP contribution in [0.1, 0.15) is 34.3 Å². The first-order valence-electron chi connectivity index (χ1n) is 8.19. The van der Waals surface area contributed by atoms with E-state index in [9.17, 15) is 19.2 Å². The summed E-state index contributed by atoms with van der Waals surface area (Å²) in [6, 6.07) is 1.34. The van der Waals surface area contributed by atoms with Crippen molar-refractivity contribution in [3.63, 3.8) is 0 Å². The zero-order valence-electron chi connectivity index (χ0n) is 14.7. The fourth-order valence-corrected chi connectivity index (χ4v) is 2.42. The number of carbonyl (C=O) groups excluding carboxylic acids is 3. The second-order valence-electron chi connectivity index (χ2n) is 6.06. The van der Waals surface area contributed by atoms with Gasteiger partial charge in [-0.2, -0.15) is 10.1 Å². The number of hydrogen-bond donors (Lipinski definition) is 4. The lowest BCUT2D eigenvalue weighted by atomic mass is 10.2. The molecule has 27 heavy (non-hydrogen) atoms. The van der Waals surface area contributed by atoms with Crippen LogP contribution >= 0.6 is 0 Å². The minimum absolute atomic E-state index is 0.0226. The minimum atomic E-state index is -1.03. The smallest absolute Gasteiger partial charge is 0.308 e. The number of aliphatic imine (C=N–C) groups is 1. The van der Waals surface area contributed by atoms with Crippen molar-refractivity contribution in [1.29, 1.82) is 0 Å². The highest BCUT2D eigenvalue weighted by Crippen LogP contribution is 2.14. The molecule has 1 aliphatic heterocycles. The summed E-state index contributed by atoms with van der Waals surface area (Å²) in [7, 11) is 0. The van der Waals surface area contributed by atoms with Crippen LogP contribution in [0.3, 0.4) is 0 Å². The number of hydrogen-bond acceptors (Lipinski definition) is 5. The van der Waals surface area contributed by atoms with Gasteiger partial charge in [-0.05, 0) is 0 Å². The Hall–Kier alpha value is -3.44. The Labute approximate surface area is 154 Å². The summed E-state index contributed by atoms with van der Waals surface area (Å²) in [6.45, 7) is 2.22. The van der Waals surface area contributed by atoms with Gasteiger partial charge in [0.1, 0.15) is 5.69 Å². The lowest BCUT2D eigenvalue weighted by molar-refractivity contribution is -0.140. The van der Waals surface area contributed by atoms with Crippen LogP contribution in [0.15, 0.2) is 11.1 Å². The van der Waals surface area contributed by atoms with Gasteiger partial charge in [-0.15, -0.1) is 0 Å². The molecule has 12 heteroatoms. The number of fused-ring (bicyclic) bond motifs is 1. The van der Waals surface area contributed by atoms with Gasteiger partial charge in [-0.3, -0.25) is 23.9 Å². The van der Waals surface area contributed by atoms with Gasteiger partial charge >= 0.3 is 5.97 Å². The molecule has 3 amide bonds. The monoisotopic (exact) mass is 379 g/mol. The maximum absolute atomic E-state index is 12.5. The largest absolute Gasteiger partial charge is 0.481 e. The Morgan fingerprint density at radius 3 is 2.70 bits per heavy atom. The molecule has 0 saturated heterocycles. The summed E-state index contributed by atoms with van der Waals surface area (Å²) in [6.07, 6.45) is -0.0296. The normalized spacial score (nSPS) is 14.3. The zero-order chi connectivity index (χ0) is 20.1. The highest BCUT2D eigenvalue weighted by molar-refractivity contribution is 5.98. The number of rotatable bonds is 7. The number of nitrogens with two attached hydrogens (primary N) is 2. The summed E-state index contributed by atoms with van der Waals surface area (Å²) >= 11 is 0. The molecule has 0 aromatic carbocycles. The second kappa shape index (κ2) is 8.29. The van der Waals surface area contributed by atoms with E-state index in [1.165, 1.54) is 22.6 Å². The predicted octanol–water partition coefficient (Wildman–Crippen LogP) is -2.02. The molecule has 0 spiro atoms. The van der Waals surface area contributed by atoms with Gasteiger partial charge in [0.25, 0.3) is 17.7 Å². The SMILES string of the molecule is CC(CNC(=O)c1cc2n(n1)CCN(CCC(=O)N=C(N)N)C2=O)C(=O)O. The highest BCUT2D eigenvalue weighted by Gasteiger charge is 2.28. The van der Waals surface area contributed by atoms with Crippen LogP contribution in [0.4, 0.5) is 0 Å². The van der Waals surface area contributed by atoms with Crippen molar-refractivity contribution < 1.29 is 24.3 Å². The van der Waals surface area contributed by atoms with Crippen LogP contribution in [-0.4, -0.2) is 69.1 Å². The van der Waals surface area contributed by atoms with Crippen LogP contribution in [0, 0.1) is 5.92 Å². The van der Waals surface area contributed by atoms with Crippen LogP contribution in [-0.2, 0) is 16.1 Å². The van der Waals surface area contributed by atoms with E-state index in [1.807, 2.05) is 0 Å². The fourth-order valence-electron chi connectivity index (χ4n) is 2.42. The first-order chi connectivity index (χ1) is 12.7. The number of aliphatic carboxylic acids is 1. The zero-order valence-corrected chi connectivity index (χ0v) is 14.7. The predicted molar refractivity (Wildman–Crippen MR) is 92.7 cm³/mol. The molecular formula is C15H21N7O5. The molecule has 1 atom stereocenters. The number of guanidine groups is 1. The van der Waals surface area contributed by atoms with Crippen LogP contribution in [0.2, 0.25) is 0 Å². The number of carbonyl (C=O) groups is 4. The number of nitrogens with zero attached hydrogens (tertiary/aromatic N) is 4. The molecule has 2 rings (SSSR count). The third kappa shape index (κ3) is 5.03. The lowest BCUT2D eigenvalue weighted by Crippen LogP contribution is -2.41. The molecule has 2 heterocycles. The standard InChI is InChI=1S/C15H21N7O5/c1-8(14(26)27)7-18-12(24)9-6-10-13(25)21(4-5-22(10)20-9)3-2-11(23)19-15(16)17/h6,8H,2-5,7H2,1H3,(H,18,24)(H,26,27)(H4,16,17,19,23). The summed E-state index contributed by atoms with van der Waals surface area (Å²) in [5.41, 5.74) is 10.5. The lowest BCUT2D eigenvalue weighted by Gasteiger charge is -2.26. The van der Waals surface area contributed by atoms with E-state index in [1.54, 1.807) is 0 Å². The topological polar surface area (TPSA) is 186 Å². The molecule has 12 nitrogen and oxygen atoms in total. The van der Waals surface area contributed by atoms with Crippen molar-refractivity contribution >= 4 is 29.7 Å². The van der Waals surface area contributed by atoms with E-state index in [0.29, 0.717) is 13.1 Å². The van der Waals surface area contributed by atoms with Crippen LogP contribution < -0.4 is 16.8 Å². The molecule has 0 fully saturated rings. The van der Waals surface area contributed by atoms with Gasteiger partial charge in [0.2, 0.25) is 0 Å². The van der Waals surface area contributed by atoms with Crippen molar-refractivity contribution in [3.05, 3.63) is 17.5 Å². The molecule has 146 valence electrons. The first kappa shape index (κ1) is 19.9. The fraction of sp³-hybridized carbons (Fsp3) is 0.467. The minimum Gasteiger partial charge on any atom is -0.481 e. The molecule has 1 aromatic heterocycles. The average Bonchev–Trinajstić information content (AvgIpc) is 3.03. The number of carboxylic acid groups (broad SMARTS) is 1. The third-order valence-corrected chi connectivity index (χ3v) is 3.94. The number of carboxylic acids is 1. The average molecular weight is 379 g/mol. The maximum atomic E-state index is 12.5. The third-order valence-electron chi connectivity index (χ3n) is 3.94. The van der Waals surface area contributed by atoms with Gasteiger partial charge < -0.3 is 26.8 Å². The first-order valence-corrected chi connectivity index (χ1v) is 8.19. The van der Waals surface area contributed by atoms with Gasteiger partial charge in [0.05, 0.1) is 12.5 Å². The van der Waals surface area contributed by atoms with Crippen molar-refractivity contribution in [2.45, 2.75) is 19.9 Å². The molecule has 6 N–H and O–H groups in total. The van der Waals surface area contributed by atoms with E-state index in [0.717, 1.165) is 0 Å². The highest BCUT2D eigenvalue weighted by atomic mass is 16.4. The molecular weight excluding hydrogens is 358 g/mol. The van der Waals surface area contributed by atoms with E-state index in [-0.39, 0.29) is 42.8 Å². The summed E-state index contributed by atoms with van der Waals surface area (Å²) in [5, 5.41) is 15.4. The van der Waals surface area contributed by atoms with E-state index in [4.69, 9.17) is 16.6 Å². The van der Waals surface area contributed by atoms with Gasteiger partial charge in [-0.25, -0.2) is 0 Å². The Kier molecular flexibility index (Phi) is 6.11. The van der Waals surface area contributed by atoms with Crippen molar-refractivity contribution in [3.8, 4) is 0 Å². The van der Waals surface area contributed by atoms with E-state index >= 15 is 0 Å². The van der Waals surface area contributed by atoms with Gasteiger partial charge in [0, 0.05) is 32.1 Å². The Morgan fingerprint density at radius 1 is 1.37 bits per heavy atom. The van der Waals surface area contributed by atoms with Crippen molar-refractivity contribution in [2.24, 2.45) is 22.4 Å². The van der Waals surface area contributed by atoms with Crippen LogP contribution in [0.25, 0.3) is 0 Å². The second-order valence-corrected chi connectivity index (χ2v) is 6.06. The molecule has 0 saturated carbocycles. The quantitative estimate of drug-likeness (QED) is 0.309. The van der Waals surface area contributed by atoms with E-state index < -0.39 is 23.7 Å². The maximum Gasteiger partial charge on any atom is 0.308 e. The molecule has 1 unspecified atom stereocenters. The summed E-state index contributed by atoms with van der Waals surface area (Å²) in [5.74, 6) is -3.58. The molecule has 0 aliphatic carbocycles. The van der Waals surface area contributed by atoms with Crippen molar-refractivity contribution in [1.82, 2.24) is 20.0 Å². The Bertz CT molecular complexity index is 796. The van der Waals surface area contributed by atoms with Gasteiger partial charge in [-0.1, -0.05) is 6.92 Å². The van der Waals surface area contributed by atoms with Crippen LogP contribution in [0.5, 0.6) is 0 Å². The van der Waals surface area contributed by atoms with E-state index in [2.05, 4.69) is 15.4 Å². The van der Waals surface area contributed by atoms with Gasteiger partial charge in [0.15, 0.2) is 11.7 Å². The molecule has 0 radical (unpaired) electrons. The summed E-state index contributed by atoms with van der Waals surface area (Å²) in [4.78, 5) is 51.8. The Morgan fingerprint density at radius 2 is 2.07 bits per heavy atom. The number of amides is 3. The Balaban J connectivity index is 2.00. The molecule has 1 aliphatic rings. The molecule has 1 aromatic rings. The van der Waals surface area contributed by atoms with Crippen molar-refractivity contribution in [2.75, 3.05) is 19.6 Å². The number of nitrogens with one attached hydrogen (secondary N) is 1. The number of aromatic nitrogens is 2. The molecule has 0 bridgehead atoms. The summed E-state index contributed by atoms with van der Waals surface area (Å²) < 4.78 is 1.41.